The number of benzene rings is 2. The SMILES string of the molecule is C[C@H](Cc1ccc(Sc2ccc(C(F)(F)F)cc2C=O)cc1)OC(N)=O. The summed E-state index contributed by atoms with van der Waals surface area (Å²) in [5.74, 6) is 0. The van der Waals surface area contributed by atoms with E-state index in [0.29, 0.717) is 17.6 Å². The largest absolute Gasteiger partial charge is 0.446 e. The second-order valence-corrected chi connectivity index (χ2v) is 6.68. The molecule has 8 heteroatoms. The Bertz CT molecular complexity index is 791. The van der Waals surface area contributed by atoms with Crippen LogP contribution >= 0.6 is 11.8 Å². The van der Waals surface area contributed by atoms with Crippen LogP contribution in [0.5, 0.6) is 0 Å². The molecule has 0 radical (unpaired) electrons. The quantitative estimate of drug-likeness (QED) is 0.735. The van der Waals surface area contributed by atoms with Crippen LogP contribution in [0.15, 0.2) is 52.3 Å². The van der Waals surface area contributed by atoms with Gasteiger partial charge in [-0.2, -0.15) is 13.2 Å². The number of rotatable bonds is 6. The average molecular weight is 383 g/mol. The standard InChI is InChI=1S/C18H16F3NO3S/c1-11(25-17(22)24)8-12-2-5-15(6-3-12)26-16-7-4-14(18(19,20)21)9-13(16)10-23/h2-7,9-11H,8H2,1H3,(H2,22,24)/t11-/m1/s1. The lowest BCUT2D eigenvalue weighted by Crippen LogP contribution is -2.21. The van der Waals surface area contributed by atoms with Crippen molar-refractivity contribution in [3.8, 4) is 0 Å². The van der Waals surface area contributed by atoms with E-state index in [0.717, 1.165) is 22.6 Å². The topological polar surface area (TPSA) is 69.4 Å². The third-order valence-corrected chi connectivity index (χ3v) is 4.56. The predicted molar refractivity (Wildman–Crippen MR) is 91.2 cm³/mol. The minimum Gasteiger partial charge on any atom is -0.446 e. The Morgan fingerprint density at radius 3 is 2.42 bits per heavy atom. The molecule has 0 spiro atoms. The maximum atomic E-state index is 12.7. The van der Waals surface area contributed by atoms with Gasteiger partial charge in [0.05, 0.1) is 5.56 Å². The van der Waals surface area contributed by atoms with E-state index in [1.807, 2.05) is 12.1 Å². The van der Waals surface area contributed by atoms with E-state index in [4.69, 9.17) is 10.5 Å². The molecule has 2 aromatic carbocycles. The Kier molecular flexibility index (Phi) is 6.31. The number of aldehydes is 1. The predicted octanol–water partition coefficient (Wildman–Crippen LogP) is 4.70. The summed E-state index contributed by atoms with van der Waals surface area (Å²) in [4.78, 5) is 23.0. The van der Waals surface area contributed by atoms with E-state index in [1.54, 1.807) is 19.1 Å². The zero-order chi connectivity index (χ0) is 19.3. The van der Waals surface area contributed by atoms with Crippen LogP contribution in [0.25, 0.3) is 0 Å². The van der Waals surface area contributed by atoms with Crippen molar-refractivity contribution in [1.29, 1.82) is 0 Å². The lowest BCUT2D eigenvalue weighted by Gasteiger charge is -2.12. The van der Waals surface area contributed by atoms with Crippen LogP contribution in [-0.4, -0.2) is 18.5 Å². The fourth-order valence-electron chi connectivity index (χ4n) is 2.30. The molecule has 0 fully saturated rings. The Morgan fingerprint density at radius 2 is 1.88 bits per heavy atom. The molecule has 0 saturated heterocycles. The van der Waals surface area contributed by atoms with Crippen LogP contribution in [0.1, 0.15) is 28.4 Å². The van der Waals surface area contributed by atoms with Crippen molar-refractivity contribution in [3.05, 3.63) is 59.2 Å². The molecule has 0 bridgehead atoms. The molecule has 2 aromatic rings. The van der Waals surface area contributed by atoms with Crippen LogP contribution in [0, 0.1) is 0 Å². The summed E-state index contributed by atoms with van der Waals surface area (Å²) in [5.41, 5.74) is 4.99. The van der Waals surface area contributed by atoms with Crippen molar-refractivity contribution in [2.75, 3.05) is 0 Å². The number of alkyl halides is 3. The number of hydrogen-bond donors (Lipinski definition) is 1. The lowest BCUT2D eigenvalue weighted by atomic mass is 10.1. The van der Waals surface area contributed by atoms with Gasteiger partial charge < -0.3 is 10.5 Å². The normalized spacial score (nSPS) is 12.5. The first-order chi connectivity index (χ1) is 12.2. The second-order valence-electron chi connectivity index (χ2n) is 5.57. The van der Waals surface area contributed by atoms with Gasteiger partial charge in [-0.05, 0) is 42.8 Å². The van der Waals surface area contributed by atoms with Gasteiger partial charge in [0, 0.05) is 21.8 Å². The van der Waals surface area contributed by atoms with Crippen molar-refractivity contribution >= 4 is 24.1 Å². The van der Waals surface area contributed by atoms with E-state index in [-0.39, 0.29) is 11.7 Å². The van der Waals surface area contributed by atoms with Gasteiger partial charge in [-0.3, -0.25) is 4.79 Å². The van der Waals surface area contributed by atoms with Crippen molar-refractivity contribution in [2.45, 2.75) is 35.4 Å². The van der Waals surface area contributed by atoms with Crippen molar-refractivity contribution in [1.82, 2.24) is 0 Å². The maximum Gasteiger partial charge on any atom is 0.416 e. The third kappa shape index (κ3) is 5.52. The van der Waals surface area contributed by atoms with Crippen molar-refractivity contribution < 1.29 is 27.5 Å². The van der Waals surface area contributed by atoms with Crippen LogP contribution in [0.2, 0.25) is 0 Å². The summed E-state index contributed by atoms with van der Waals surface area (Å²) in [6.45, 7) is 1.71. The summed E-state index contributed by atoms with van der Waals surface area (Å²) < 4.78 is 43.0. The number of hydrogen-bond acceptors (Lipinski definition) is 4. The zero-order valence-electron chi connectivity index (χ0n) is 13.7. The second kappa shape index (κ2) is 8.27. The van der Waals surface area contributed by atoms with Gasteiger partial charge >= 0.3 is 12.3 Å². The molecule has 0 aromatic heterocycles. The minimum atomic E-state index is -4.49. The Hall–Kier alpha value is -2.48. The number of primary amides is 1. The van der Waals surface area contributed by atoms with Gasteiger partial charge in [-0.1, -0.05) is 23.9 Å². The van der Waals surface area contributed by atoms with Gasteiger partial charge in [0.25, 0.3) is 0 Å². The van der Waals surface area contributed by atoms with Crippen molar-refractivity contribution in [3.63, 3.8) is 0 Å². The molecule has 0 aliphatic carbocycles. The highest BCUT2D eigenvalue weighted by molar-refractivity contribution is 7.99. The molecule has 26 heavy (non-hydrogen) atoms. The van der Waals surface area contributed by atoms with E-state index >= 15 is 0 Å². The minimum absolute atomic E-state index is 0.0163. The molecule has 2 N–H and O–H groups in total. The molecule has 1 atom stereocenters. The molecule has 4 nitrogen and oxygen atoms in total. The monoisotopic (exact) mass is 383 g/mol. The Balaban J connectivity index is 2.11. The summed E-state index contributed by atoms with van der Waals surface area (Å²) >= 11 is 1.19. The molecular formula is C18H16F3NO3S. The molecule has 0 aliphatic heterocycles. The molecule has 138 valence electrons. The molecule has 0 aliphatic rings. The first kappa shape index (κ1) is 19.8. The smallest absolute Gasteiger partial charge is 0.416 e. The van der Waals surface area contributed by atoms with Crippen LogP contribution in [0.3, 0.4) is 0 Å². The number of halogens is 3. The Morgan fingerprint density at radius 1 is 1.23 bits per heavy atom. The highest BCUT2D eigenvalue weighted by Crippen LogP contribution is 2.35. The van der Waals surface area contributed by atoms with E-state index in [1.165, 1.54) is 17.8 Å². The lowest BCUT2D eigenvalue weighted by molar-refractivity contribution is -0.137. The first-order valence-electron chi connectivity index (χ1n) is 7.58. The Labute approximate surface area is 152 Å². The number of carbonyl (C=O) groups is 2. The van der Waals surface area contributed by atoms with Gasteiger partial charge in [0.15, 0.2) is 6.29 Å². The third-order valence-electron chi connectivity index (χ3n) is 3.46. The summed E-state index contributed by atoms with van der Waals surface area (Å²) in [6.07, 6.45) is -4.81. The zero-order valence-corrected chi connectivity index (χ0v) is 14.6. The van der Waals surface area contributed by atoms with Crippen molar-refractivity contribution in [2.24, 2.45) is 5.73 Å². The molecule has 0 saturated carbocycles. The molecule has 1 amide bonds. The highest BCUT2D eigenvalue weighted by Gasteiger charge is 2.31. The highest BCUT2D eigenvalue weighted by atomic mass is 32.2. The molecule has 2 rings (SSSR count). The fourth-order valence-corrected chi connectivity index (χ4v) is 3.19. The van der Waals surface area contributed by atoms with Gasteiger partial charge in [0.2, 0.25) is 0 Å². The maximum absolute atomic E-state index is 12.7. The van der Waals surface area contributed by atoms with E-state index in [2.05, 4.69) is 0 Å². The summed E-state index contributed by atoms with van der Waals surface area (Å²) in [6, 6.07) is 10.3. The van der Waals surface area contributed by atoms with Gasteiger partial charge in [-0.15, -0.1) is 0 Å². The fraction of sp³-hybridized carbons (Fsp3) is 0.222. The number of carbonyl (C=O) groups excluding carboxylic acids is 2. The summed E-state index contributed by atoms with van der Waals surface area (Å²) in [5, 5.41) is 0. The molecule has 0 unspecified atom stereocenters. The summed E-state index contributed by atoms with van der Waals surface area (Å²) in [7, 11) is 0. The number of ether oxygens (including phenoxy) is 1. The molecular weight excluding hydrogens is 367 g/mol. The number of nitrogens with two attached hydrogens (primary N) is 1. The van der Waals surface area contributed by atoms with E-state index in [9.17, 15) is 22.8 Å². The van der Waals surface area contributed by atoms with E-state index < -0.39 is 17.8 Å². The van der Waals surface area contributed by atoms with Crippen LogP contribution < -0.4 is 5.73 Å². The first-order valence-corrected chi connectivity index (χ1v) is 8.40. The average Bonchev–Trinajstić information content (AvgIpc) is 2.55. The van der Waals surface area contributed by atoms with Crippen LogP contribution in [-0.2, 0) is 17.3 Å². The van der Waals surface area contributed by atoms with Gasteiger partial charge in [-0.25, -0.2) is 4.79 Å². The number of amides is 1. The van der Waals surface area contributed by atoms with Gasteiger partial charge in [0.1, 0.15) is 6.10 Å². The van der Waals surface area contributed by atoms with Crippen LogP contribution in [0.4, 0.5) is 18.0 Å². The molecule has 0 heterocycles.